The fourth-order valence-electron chi connectivity index (χ4n) is 4.43. The third-order valence-electron chi connectivity index (χ3n) is 6.02. The van der Waals surface area contributed by atoms with Crippen LogP contribution in [0.4, 0.5) is 5.95 Å². The number of hydrogen-bond donors (Lipinski definition) is 3. The van der Waals surface area contributed by atoms with Gasteiger partial charge in [0.25, 0.3) is 5.91 Å². The summed E-state index contributed by atoms with van der Waals surface area (Å²) < 4.78 is 11.5. The molecule has 1 saturated carbocycles. The molecule has 3 aromatic rings. The number of fused-ring (bicyclic) bond motifs is 2. The molecule has 0 radical (unpaired) electrons. The molecular weight excluding hydrogens is 394 g/mol. The van der Waals surface area contributed by atoms with E-state index < -0.39 is 0 Å². The molecule has 1 aliphatic heterocycles. The number of ether oxygens (including phenoxy) is 2. The van der Waals surface area contributed by atoms with E-state index in [9.17, 15) is 4.79 Å². The van der Waals surface area contributed by atoms with Crippen molar-refractivity contribution in [2.24, 2.45) is 0 Å². The molecule has 0 spiro atoms. The van der Waals surface area contributed by atoms with E-state index in [0.29, 0.717) is 42.6 Å². The van der Waals surface area contributed by atoms with Gasteiger partial charge in [0.1, 0.15) is 18.0 Å². The minimum atomic E-state index is -0.104. The third kappa shape index (κ3) is 4.07. The molecule has 1 aliphatic carbocycles. The lowest BCUT2D eigenvalue weighted by Crippen LogP contribution is -2.30. The Morgan fingerprint density at radius 1 is 1.23 bits per heavy atom. The molecule has 2 aliphatic rings. The Balaban J connectivity index is 1.34. The van der Waals surface area contributed by atoms with Crippen molar-refractivity contribution in [3.63, 3.8) is 0 Å². The van der Waals surface area contributed by atoms with Crippen LogP contribution in [-0.4, -0.2) is 52.8 Å². The van der Waals surface area contributed by atoms with E-state index in [1.807, 2.05) is 31.5 Å². The van der Waals surface area contributed by atoms with Crippen molar-refractivity contribution in [2.75, 3.05) is 25.1 Å². The molecule has 162 valence electrons. The molecule has 2 aromatic heterocycles. The molecule has 0 bridgehead atoms. The number of rotatable bonds is 5. The number of aromatic amines is 1. The molecule has 1 fully saturated rings. The SMILES string of the molecule is CCO[C@H]1CC[C@@H](Nc2ncc3c(-c4ccc5c(c4)OCCNC5=O)c[nH]c3n2)CC1. The van der Waals surface area contributed by atoms with Gasteiger partial charge in [-0.15, -0.1) is 0 Å². The Labute approximate surface area is 180 Å². The number of benzene rings is 1. The number of nitrogens with zero attached hydrogens (tertiary/aromatic N) is 2. The van der Waals surface area contributed by atoms with Crippen LogP contribution in [0.2, 0.25) is 0 Å². The number of H-pyrrole nitrogens is 1. The number of aromatic nitrogens is 3. The predicted molar refractivity (Wildman–Crippen MR) is 118 cm³/mol. The van der Waals surface area contributed by atoms with Crippen molar-refractivity contribution in [2.45, 2.75) is 44.8 Å². The van der Waals surface area contributed by atoms with E-state index in [2.05, 4.69) is 25.6 Å². The second-order valence-electron chi connectivity index (χ2n) is 8.05. The molecule has 8 nitrogen and oxygen atoms in total. The second-order valence-corrected chi connectivity index (χ2v) is 8.05. The topological polar surface area (TPSA) is 101 Å². The number of carbonyl (C=O) groups excluding carboxylic acids is 1. The lowest BCUT2D eigenvalue weighted by atomic mass is 9.93. The first-order valence-corrected chi connectivity index (χ1v) is 11.0. The molecule has 0 atom stereocenters. The van der Waals surface area contributed by atoms with Gasteiger partial charge >= 0.3 is 0 Å². The number of amides is 1. The van der Waals surface area contributed by atoms with Crippen LogP contribution in [-0.2, 0) is 4.74 Å². The van der Waals surface area contributed by atoms with Gasteiger partial charge in [-0.25, -0.2) is 4.98 Å². The van der Waals surface area contributed by atoms with Crippen molar-refractivity contribution in [3.8, 4) is 16.9 Å². The van der Waals surface area contributed by atoms with Crippen LogP contribution in [0.15, 0.2) is 30.6 Å². The lowest BCUT2D eigenvalue weighted by Gasteiger charge is -2.28. The molecule has 5 rings (SSSR count). The van der Waals surface area contributed by atoms with Crippen LogP contribution in [0, 0.1) is 0 Å². The molecule has 3 N–H and O–H groups in total. The zero-order chi connectivity index (χ0) is 21.2. The molecule has 8 heteroatoms. The molecule has 1 aromatic carbocycles. The minimum absolute atomic E-state index is 0.104. The second kappa shape index (κ2) is 8.55. The van der Waals surface area contributed by atoms with E-state index in [0.717, 1.165) is 54.5 Å². The van der Waals surface area contributed by atoms with Crippen LogP contribution in [0.25, 0.3) is 22.2 Å². The van der Waals surface area contributed by atoms with Gasteiger partial charge in [0.15, 0.2) is 0 Å². The van der Waals surface area contributed by atoms with Gasteiger partial charge in [-0.1, -0.05) is 6.07 Å². The maximum atomic E-state index is 12.1. The van der Waals surface area contributed by atoms with Gasteiger partial charge in [0.2, 0.25) is 5.95 Å². The van der Waals surface area contributed by atoms with Crippen LogP contribution in [0.1, 0.15) is 43.0 Å². The number of anilines is 1. The highest BCUT2D eigenvalue weighted by molar-refractivity contribution is 5.99. The molecule has 0 unspecified atom stereocenters. The maximum Gasteiger partial charge on any atom is 0.255 e. The summed E-state index contributed by atoms with van der Waals surface area (Å²) in [4.78, 5) is 24.6. The van der Waals surface area contributed by atoms with E-state index in [-0.39, 0.29) is 5.91 Å². The van der Waals surface area contributed by atoms with E-state index >= 15 is 0 Å². The van der Waals surface area contributed by atoms with Gasteiger partial charge in [-0.2, -0.15) is 4.98 Å². The first-order chi connectivity index (χ1) is 15.2. The number of nitrogens with one attached hydrogen (secondary N) is 3. The van der Waals surface area contributed by atoms with Crippen molar-refractivity contribution >= 4 is 22.9 Å². The highest BCUT2D eigenvalue weighted by Gasteiger charge is 2.22. The fourth-order valence-corrected chi connectivity index (χ4v) is 4.43. The van der Waals surface area contributed by atoms with Crippen molar-refractivity contribution < 1.29 is 14.3 Å². The third-order valence-corrected chi connectivity index (χ3v) is 6.02. The van der Waals surface area contributed by atoms with Crippen LogP contribution in [0.5, 0.6) is 5.75 Å². The van der Waals surface area contributed by atoms with E-state index in [1.54, 1.807) is 6.07 Å². The quantitative estimate of drug-likeness (QED) is 0.583. The summed E-state index contributed by atoms with van der Waals surface area (Å²) in [6.07, 6.45) is 8.41. The standard InChI is InChI=1S/C23H27N5O3/c1-2-30-16-6-4-15(5-7-16)27-23-26-13-19-18(12-25-21(19)28-23)14-3-8-17-20(11-14)31-10-9-24-22(17)29/h3,8,11-13,15-16H,2,4-7,9-10H2,1H3,(H,24,29)(H2,25,26,27,28)/t15-,16+. The Kier molecular flexibility index (Phi) is 5.46. The fraction of sp³-hybridized carbons (Fsp3) is 0.435. The first-order valence-electron chi connectivity index (χ1n) is 11.0. The Bertz CT molecular complexity index is 1090. The molecule has 0 saturated heterocycles. The highest BCUT2D eigenvalue weighted by Crippen LogP contribution is 2.33. The zero-order valence-electron chi connectivity index (χ0n) is 17.6. The largest absolute Gasteiger partial charge is 0.491 e. The highest BCUT2D eigenvalue weighted by atomic mass is 16.5. The van der Waals surface area contributed by atoms with Gasteiger partial charge < -0.3 is 25.1 Å². The summed E-state index contributed by atoms with van der Waals surface area (Å²) in [5.41, 5.74) is 3.28. The normalized spacial score (nSPS) is 21.1. The molecule has 31 heavy (non-hydrogen) atoms. The molecular formula is C23H27N5O3. The van der Waals surface area contributed by atoms with Gasteiger partial charge in [-0.3, -0.25) is 4.79 Å². The summed E-state index contributed by atoms with van der Waals surface area (Å²) in [7, 11) is 0. The van der Waals surface area contributed by atoms with Crippen LogP contribution < -0.4 is 15.4 Å². The average Bonchev–Trinajstić information content (AvgIpc) is 3.12. The summed E-state index contributed by atoms with van der Waals surface area (Å²) in [6, 6.07) is 6.01. The summed E-state index contributed by atoms with van der Waals surface area (Å²) in [5, 5.41) is 7.24. The van der Waals surface area contributed by atoms with Gasteiger partial charge in [0, 0.05) is 36.0 Å². The molecule has 3 heterocycles. The zero-order valence-corrected chi connectivity index (χ0v) is 17.6. The summed E-state index contributed by atoms with van der Waals surface area (Å²) >= 11 is 0. The van der Waals surface area contributed by atoms with Crippen LogP contribution in [0.3, 0.4) is 0 Å². The first kappa shape index (κ1) is 19.8. The lowest BCUT2D eigenvalue weighted by molar-refractivity contribution is 0.0346. The summed E-state index contributed by atoms with van der Waals surface area (Å²) in [6.45, 7) is 3.79. The van der Waals surface area contributed by atoms with Crippen molar-refractivity contribution in [3.05, 3.63) is 36.2 Å². The monoisotopic (exact) mass is 421 g/mol. The van der Waals surface area contributed by atoms with Gasteiger partial charge in [-0.05, 0) is 50.3 Å². The Morgan fingerprint density at radius 2 is 2.10 bits per heavy atom. The smallest absolute Gasteiger partial charge is 0.255 e. The van der Waals surface area contributed by atoms with E-state index in [4.69, 9.17) is 9.47 Å². The minimum Gasteiger partial charge on any atom is -0.491 e. The van der Waals surface area contributed by atoms with Crippen molar-refractivity contribution in [1.29, 1.82) is 0 Å². The average molecular weight is 422 g/mol. The van der Waals surface area contributed by atoms with Gasteiger partial charge in [0.05, 0.1) is 18.2 Å². The maximum absolute atomic E-state index is 12.1. The number of hydrogen-bond acceptors (Lipinski definition) is 6. The Morgan fingerprint density at radius 3 is 2.94 bits per heavy atom. The molecule has 1 amide bonds. The predicted octanol–water partition coefficient (Wildman–Crippen LogP) is 3.51. The van der Waals surface area contributed by atoms with Crippen LogP contribution >= 0.6 is 0 Å². The Hall–Kier alpha value is -3.13. The van der Waals surface area contributed by atoms with Crippen molar-refractivity contribution in [1.82, 2.24) is 20.3 Å². The number of carbonyl (C=O) groups is 1. The van der Waals surface area contributed by atoms with E-state index in [1.165, 1.54) is 0 Å². The summed E-state index contributed by atoms with van der Waals surface area (Å²) in [5.74, 6) is 1.14.